The SMILES string of the molecule is Cc1ccc(C)c2oc(=O)c(C(=O)O)cc12. The molecule has 1 N–H and O–H groups in total. The molecule has 0 radical (unpaired) electrons. The van der Waals surface area contributed by atoms with Gasteiger partial charge in [0.25, 0.3) is 0 Å². The third kappa shape index (κ3) is 1.48. The van der Waals surface area contributed by atoms with Crippen LogP contribution in [0.1, 0.15) is 21.5 Å². The summed E-state index contributed by atoms with van der Waals surface area (Å²) in [6, 6.07) is 5.07. The first kappa shape index (κ1) is 10.4. The monoisotopic (exact) mass is 218 g/mol. The molecule has 0 aliphatic rings. The summed E-state index contributed by atoms with van der Waals surface area (Å²) in [5, 5.41) is 9.49. The Morgan fingerprint density at radius 2 is 1.88 bits per heavy atom. The van der Waals surface area contributed by atoms with E-state index in [1.165, 1.54) is 6.07 Å². The summed E-state index contributed by atoms with van der Waals surface area (Å²) in [6.45, 7) is 3.65. The van der Waals surface area contributed by atoms with Crippen LogP contribution < -0.4 is 5.63 Å². The molecule has 0 atom stereocenters. The number of hydrogen-bond donors (Lipinski definition) is 1. The second-order valence-electron chi connectivity index (χ2n) is 3.69. The Hall–Kier alpha value is -2.10. The fraction of sp³-hybridized carbons (Fsp3) is 0.167. The van der Waals surface area contributed by atoms with Crippen molar-refractivity contribution in [3.8, 4) is 0 Å². The van der Waals surface area contributed by atoms with Gasteiger partial charge in [0.1, 0.15) is 11.1 Å². The minimum absolute atomic E-state index is 0.332. The van der Waals surface area contributed by atoms with Gasteiger partial charge < -0.3 is 9.52 Å². The maximum Gasteiger partial charge on any atom is 0.351 e. The summed E-state index contributed by atoms with van der Waals surface area (Å²) < 4.78 is 5.03. The van der Waals surface area contributed by atoms with Crippen molar-refractivity contribution in [3.63, 3.8) is 0 Å². The highest BCUT2D eigenvalue weighted by atomic mass is 16.4. The van der Waals surface area contributed by atoms with E-state index < -0.39 is 11.6 Å². The highest BCUT2D eigenvalue weighted by Gasteiger charge is 2.13. The van der Waals surface area contributed by atoms with Crippen LogP contribution in [0.25, 0.3) is 11.0 Å². The van der Waals surface area contributed by atoms with Crippen molar-refractivity contribution >= 4 is 16.9 Å². The minimum atomic E-state index is -1.27. The summed E-state index contributed by atoms with van der Waals surface area (Å²) in [7, 11) is 0. The highest BCUT2D eigenvalue weighted by Crippen LogP contribution is 2.21. The highest BCUT2D eigenvalue weighted by molar-refractivity contribution is 5.93. The quantitative estimate of drug-likeness (QED) is 0.744. The van der Waals surface area contributed by atoms with Gasteiger partial charge >= 0.3 is 11.6 Å². The molecule has 1 aromatic heterocycles. The lowest BCUT2D eigenvalue weighted by Crippen LogP contribution is -2.13. The minimum Gasteiger partial charge on any atom is -0.477 e. The zero-order valence-corrected chi connectivity index (χ0v) is 8.90. The fourth-order valence-electron chi connectivity index (χ4n) is 1.62. The van der Waals surface area contributed by atoms with E-state index in [0.717, 1.165) is 11.1 Å². The number of carboxylic acid groups (broad SMARTS) is 1. The van der Waals surface area contributed by atoms with E-state index in [0.29, 0.717) is 11.0 Å². The number of aryl methyl sites for hydroxylation is 2. The Balaban J connectivity index is 2.95. The predicted molar refractivity (Wildman–Crippen MR) is 58.9 cm³/mol. The van der Waals surface area contributed by atoms with E-state index in [9.17, 15) is 9.59 Å². The number of carbonyl (C=O) groups is 1. The number of hydrogen-bond acceptors (Lipinski definition) is 3. The lowest BCUT2D eigenvalue weighted by molar-refractivity contribution is 0.0692. The molecule has 0 aliphatic carbocycles. The van der Waals surface area contributed by atoms with E-state index in [4.69, 9.17) is 9.52 Å². The summed E-state index contributed by atoms with van der Waals surface area (Å²) in [5.74, 6) is -1.27. The summed E-state index contributed by atoms with van der Waals surface area (Å²) in [6.07, 6.45) is 0. The molecule has 82 valence electrons. The summed E-state index contributed by atoms with van der Waals surface area (Å²) >= 11 is 0. The number of benzene rings is 1. The molecule has 1 heterocycles. The van der Waals surface area contributed by atoms with E-state index in [1.807, 2.05) is 26.0 Å². The zero-order valence-electron chi connectivity index (χ0n) is 8.90. The first-order chi connectivity index (χ1) is 7.50. The van der Waals surface area contributed by atoms with Crippen molar-refractivity contribution in [2.24, 2.45) is 0 Å². The smallest absolute Gasteiger partial charge is 0.351 e. The Kier molecular flexibility index (Phi) is 2.27. The molecule has 1 aromatic carbocycles. The number of rotatable bonds is 1. The molecule has 4 heteroatoms. The van der Waals surface area contributed by atoms with E-state index in [1.54, 1.807) is 0 Å². The number of carboxylic acids is 1. The van der Waals surface area contributed by atoms with E-state index in [-0.39, 0.29) is 5.56 Å². The van der Waals surface area contributed by atoms with Crippen molar-refractivity contribution in [1.82, 2.24) is 0 Å². The van der Waals surface area contributed by atoms with Gasteiger partial charge in [0, 0.05) is 5.39 Å². The lowest BCUT2D eigenvalue weighted by atomic mass is 10.1. The second-order valence-corrected chi connectivity index (χ2v) is 3.69. The fourth-order valence-corrected chi connectivity index (χ4v) is 1.62. The van der Waals surface area contributed by atoms with Crippen molar-refractivity contribution in [3.05, 3.63) is 45.3 Å². The first-order valence-corrected chi connectivity index (χ1v) is 4.78. The van der Waals surface area contributed by atoms with Crippen LogP contribution in [-0.2, 0) is 0 Å². The van der Waals surface area contributed by atoms with Gasteiger partial charge in [-0.15, -0.1) is 0 Å². The molecule has 0 bridgehead atoms. The Labute approximate surface area is 91.1 Å². The van der Waals surface area contributed by atoms with Crippen molar-refractivity contribution < 1.29 is 14.3 Å². The largest absolute Gasteiger partial charge is 0.477 e. The molecule has 0 saturated carbocycles. The average Bonchev–Trinajstić information content (AvgIpc) is 2.23. The van der Waals surface area contributed by atoms with Crippen LogP contribution in [0, 0.1) is 13.8 Å². The lowest BCUT2D eigenvalue weighted by Gasteiger charge is -2.04. The number of fused-ring (bicyclic) bond motifs is 1. The molecule has 0 unspecified atom stereocenters. The van der Waals surface area contributed by atoms with Gasteiger partial charge in [-0.2, -0.15) is 0 Å². The third-order valence-corrected chi connectivity index (χ3v) is 2.54. The van der Waals surface area contributed by atoms with Crippen molar-refractivity contribution in [2.75, 3.05) is 0 Å². The van der Waals surface area contributed by atoms with E-state index >= 15 is 0 Å². The van der Waals surface area contributed by atoms with Gasteiger partial charge in [-0.05, 0) is 31.0 Å². The van der Waals surface area contributed by atoms with Crippen LogP contribution in [0.2, 0.25) is 0 Å². The maximum absolute atomic E-state index is 11.4. The third-order valence-electron chi connectivity index (χ3n) is 2.54. The zero-order chi connectivity index (χ0) is 11.9. The molecule has 0 fully saturated rings. The number of aromatic carboxylic acids is 1. The Morgan fingerprint density at radius 3 is 2.50 bits per heavy atom. The molecule has 0 saturated heterocycles. The van der Waals surface area contributed by atoms with Gasteiger partial charge in [0.2, 0.25) is 0 Å². The van der Waals surface area contributed by atoms with Gasteiger partial charge in [0.15, 0.2) is 0 Å². The molecule has 2 rings (SSSR count). The molecule has 2 aromatic rings. The summed E-state index contributed by atoms with van der Waals surface area (Å²) in [5.41, 5.74) is 1.01. The molecule has 0 aliphatic heterocycles. The standard InChI is InChI=1S/C12H10O4/c1-6-3-4-7(2)10-8(6)5-9(11(13)14)12(15)16-10/h3-5H,1-2H3,(H,13,14). The maximum atomic E-state index is 11.4. The Morgan fingerprint density at radius 1 is 1.25 bits per heavy atom. The van der Waals surface area contributed by atoms with Crippen LogP contribution >= 0.6 is 0 Å². The molecule has 4 nitrogen and oxygen atoms in total. The molecule has 0 spiro atoms. The molecular formula is C12H10O4. The van der Waals surface area contributed by atoms with Crippen LogP contribution in [0.5, 0.6) is 0 Å². The summed E-state index contributed by atoms with van der Waals surface area (Å²) in [4.78, 5) is 22.2. The Bertz CT molecular complexity index is 637. The van der Waals surface area contributed by atoms with Gasteiger partial charge in [-0.25, -0.2) is 9.59 Å². The van der Waals surface area contributed by atoms with Crippen molar-refractivity contribution in [2.45, 2.75) is 13.8 Å². The van der Waals surface area contributed by atoms with Gasteiger partial charge in [0.05, 0.1) is 0 Å². The van der Waals surface area contributed by atoms with Crippen LogP contribution in [-0.4, -0.2) is 11.1 Å². The van der Waals surface area contributed by atoms with E-state index in [2.05, 4.69) is 0 Å². The molecule has 0 amide bonds. The van der Waals surface area contributed by atoms with Crippen LogP contribution in [0.4, 0.5) is 0 Å². The molecule has 16 heavy (non-hydrogen) atoms. The first-order valence-electron chi connectivity index (χ1n) is 4.78. The predicted octanol–water partition coefficient (Wildman–Crippen LogP) is 2.11. The van der Waals surface area contributed by atoms with Crippen LogP contribution in [0.15, 0.2) is 27.4 Å². The second kappa shape index (κ2) is 3.48. The normalized spacial score (nSPS) is 10.6. The van der Waals surface area contributed by atoms with Crippen molar-refractivity contribution in [1.29, 1.82) is 0 Å². The molecular weight excluding hydrogens is 208 g/mol. The van der Waals surface area contributed by atoms with Gasteiger partial charge in [-0.3, -0.25) is 0 Å². The van der Waals surface area contributed by atoms with Crippen LogP contribution in [0.3, 0.4) is 0 Å². The topological polar surface area (TPSA) is 67.5 Å². The van der Waals surface area contributed by atoms with Gasteiger partial charge in [-0.1, -0.05) is 12.1 Å². The average molecular weight is 218 g/mol.